The number of alkyl carbamates (subject to hydrolysis) is 1. The molecule has 1 amide bonds. The molecule has 218 valence electrons. The third kappa shape index (κ3) is 5.39. The molecule has 4 aliphatic rings. The van der Waals surface area contributed by atoms with Gasteiger partial charge in [-0.15, -0.1) is 6.58 Å². The van der Waals surface area contributed by atoms with Gasteiger partial charge in [-0.25, -0.2) is 4.79 Å². The number of ether oxygens (including phenoxy) is 5. The van der Waals surface area contributed by atoms with Gasteiger partial charge in [0.2, 0.25) is 0 Å². The molecular weight excluding hydrogens is 514 g/mol. The van der Waals surface area contributed by atoms with E-state index in [2.05, 4.69) is 11.9 Å². The first-order valence-electron chi connectivity index (χ1n) is 13.8. The monoisotopic (exact) mass is 559 g/mol. The maximum atomic E-state index is 13.0. The quantitative estimate of drug-likeness (QED) is 0.217. The zero-order valence-corrected chi connectivity index (χ0v) is 24.0. The van der Waals surface area contributed by atoms with Gasteiger partial charge in [0.05, 0.1) is 36.7 Å². The average molecular weight is 560 g/mol. The minimum atomic E-state index is -3.74. The number of methoxy groups -OCH3 is 3. The van der Waals surface area contributed by atoms with E-state index in [1.54, 1.807) is 14.2 Å². The van der Waals surface area contributed by atoms with Gasteiger partial charge < -0.3 is 29.0 Å². The van der Waals surface area contributed by atoms with Gasteiger partial charge in [-0.1, -0.05) is 18.9 Å². The van der Waals surface area contributed by atoms with Crippen molar-refractivity contribution < 1.29 is 41.1 Å². The molecule has 4 fully saturated rings. The Morgan fingerprint density at radius 2 is 1.82 bits per heavy atom. The lowest BCUT2D eigenvalue weighted by Gasteiger charge is -2.58. The van der Waals surface area contributed by atoms with Gasteiger partial charge in [-0.05, 0) is 62.7 Å². The van der Waals surface area contributed by atoms with Crippen molar-refractivity contribution in [2.24, 2.45) is 29.6 Å². The third-order valence-corrected chi connectivity index (χ3v) is 10.3. The summed E-state index contributed by atoms with van der Waals surface area (Å²) in [7, 11) is 0.842. The normalized spacial score (nSPS) is 40.2. The highest BCUT2D eigenvalue weighted by molar-refractivity contribution is 7.86. The van der Waals surface area contributed by atoms with Gasteiger partial charge in [0.15, 0.2) is 0 Å². The zero-order valence-electron chi connectivity index (χ0n) is 23.2. The minimum Gasteiger partial charge on any atom is -0.453 e. The van der Waals surface area contributed by atoms with E-state index in [0.717, 1.165) is 31.9 Å². The largest absolute Gasteiger partial charge is 0.453 e. The molecule has 10 nitrogen and oxygen atoms in total. The molecule has 1 N–H and O–H groups in total. The van der Waals surface area contributed by atoms with Crippen molar-refractivity contribution in [1.29, 1.82) is 0 Å². The third-order valence-electron chi connectivity index (χ3n) is 9.71. The molecule has 11 heteroatoms. The zero-order chi connectivity index (χ0) is 27.6. The molecule has 0 saturated heterocycles. The van der Waals surface area contributed by atoms with E-state index in [1.165, 1.54) is 7.11 Å². The van der Waals surface area contributed by atoms with Gasteiger partial charge in [0, 0.05) is 26.1 Å². The van der Waals surface area contributed by atoms with Crippen molar-refractivity contribution in [3.63, 3.8) is 0 Å². The van der Waals surface area contributed by atoms with E-state index in [-0.39, 0.29) is 49.3 Å². The molecule has 0 spiro atoms. The summed E-state index contributed by atoms with van der Waals surface area (Å²) >= 11 is 0. The molecule has 9 atom stereocenters. The van der Waals surface area contributed by atoms with Gasteiger partial charge in [-0.3, -0.25) is 4.18 Å². The fraction of sp³-hybridized carbons (Fsp3) is 0.889. The number of carbonyl (C=O) groups excluding carboxylic acids is 1. The van der Waals surface area contributed by atoms with Crippen molar-refractivity contribution in [2.75, 3.05) is 41.2 Å². The first-order chi connectivity index (χ1) is 18.2. The SMILES string of the molecule is C=CCC[C@@H]1[C@@H](OS(C)(=O)=O)C[C@H]2C[C@]1(OCOC)[C@@H]1C[C@@H](OCOC)[C@@H]3CCCC[C@H]3[C@]21NC(=O)OC. The number of fused-ring (bicyclic) bond motifs is 7. The summed E-state index contributed by atoms with van der Waals surface area (Å²) in [4.78, 5) is 13.0. The fourth-order valence-corrected chi connectivity index (χ4v) is 9.41. The Hall–Kier alpha value is -1.24. The first-order valence-corrected chi connectivity index (χ1v) is 15.6. The summed E-state index contributed by atoms with van der Waals surface area (Å²) in [6, 6.07) is 0. The summed E-state index contributed by atoms with van der Waals surface area (Å²) in [5.74, 6) is -0.142. The first kappa shape index (κ1) is 29.7. The summed E-state index contributed by atoms with van der Waals surface area (Å²) in [5, 5.41) is 3.36. The van der Waals surface area contributed by atoms with E-state index < -0.39 is 33.5 Å². The molecule has 4 aliphatic carbocycles. The molecule has 4 rings (SSSR count). The van der Waals surface area contributed by atoms with Crippen molar-refractivity contribution in [1.82, 2.24) is 5.32 Å². The molecule has 0 aromatic carbocycles. The highest BCUT2D eigenvalue weighted by Gasteiger charge is 2.74. The van der Waals surface area contributed by atoms with Gasteiger partial charge in [0.1, 0.15) is 13.6 Å². The van der Waals surface area contributed by atoms with E-state index in [0.29, 0.717) is 32.1 Å². The lowest BCUT2D eigenvalue weighted by molar-refractivity contribution is -0.221. The van der Waals surface area contributed by atoms with Crippen LogP contribution in [0.2, 0.25) is 0 Å². The number of amides is 1. The van der Waals surface area contributed by atoms with Crippen LogP contribution in [-0.2, 0) is 38.0 Å². The lowest BCUT2D eigenvalue weighted by atomic mass is 9.54. The van der Waals surface area contributed by atoms with E-state index in [4.69, 9.17) is 27.9 Å². The lowest BCUT2D eigenvalue weighted by Crippen LogP contribution is -2.68. The predicted molar refractivity (Wildman–Crippen MR) is 140 cm³/mol. The number of nitrogens with one attached hydrogen (secondary N) is 1. The van der Waals surface area contributed by atoms with Crippen LogP contribution in [0.5, 0.6) is 0 Å². The predicted octanol–water partition coefficient (Wildman–Crippen LogP) is 3.61. The fourth-order valence-electron chi connectivity index (χ4n) is 8.74. The molecule has 0 unspecified atom stereocenters. The Morgan fingerprint density at radius 1 is 1.08 bits per heavy atom. The van der Waals surface area contributed by atoms with Crippen LogP contribution < -0.4 is 5.32 Å². The number of rotatable bonds is 12. The Balaban J connectivity index is 1.89. The van der Waals surface area contributed by atoms with Crippen LogP contribution in [0.3, 0.4) is 0 Å². The van der Waals surface area contributed by atoms with Crippen LogP contribution in [0, 0.1) is 29.6 Å². The van der Waals surface area contributed by atoms with Crippen molar-refractivity contribution in [3.05, 3.63) is 12.7 Å². The Labute approximate surface area is 227 Å². The van der Waals surface area contributed by atoms with E-state index >= 15 is 0 Å². The van der Waals surface area contributed by atoms with Crippen LogP contribution in [0.25, 0.3) is 0 Å². The smallest absolute Gasteiger partial charge is 0.407 e. The van der Waals surface area contributed by atoms with Crippen molar-refractivity contribution in [2.45, 2.75) is 81.1 Å². The van der Waals surface area contributed by atoms with Gasteiger partial charge in [0.25, 0.3) is 10.1 Å². The summed E-state index contributed by atoms with van der Waals surface area (Å²) in [6.45, 7) is 4.14. The van der Waals surface area contributed by atoms with Crippen LogP contribution in [0.4, 0.5) is 4.79 Å². The van der Waals surface area contributed by atoms with Crippen LogP contribution >= 0.6 is 0 Å². The summed E-state index contributed by atoms with van der Waals surface area (Å²) < 4.78 is 59.6. The minimum absolute atomic E-state index is 0.0470. The van der Waals surface area contributed by atoms with E-state index in [9.17, 15) is 13.2 Å². The molecule has 0 aromatic rings. The van der Waals surface area contributed by atoms with Gasteiger partial charge in [-0.2, -0.15) is 8.42 Å². The maximum Gasteiger partial charge on any atom is 0.407 e. The highest BCUT2D eigenvalue weighted by atomic mass is 32.2. The summed E-state index contributed by atoms with van der Waals surface area (Å²) in [5.41, 5.74) is -1.45. The second kappa shape index (κ2) is 12.1. The molecular formula is C27H45NO9S. The van der Waals surface area contributed by atoms with Crippen LogP contribution in [0.15, 0.2) is 12.7 Å². The molecule has 0 heterocycles. The second-order valence-electron chi connectivity index (χ2n) is 11.5. The Kier molecular flexibility index (Phi) is 9.47. The summed E-state index contributed by atoms with van der Waals surface area (Å²) in [6.07, 6.45) is 9.00. The van der Waals surface area contributed by atoms with Crippen LogP contribution in [0.1, 0.15) is 57.8 Å². The Morgan fingerprint density at radius 3 is 2.47 bits per heavy atom. The molecule has 38 heavy (non-hydrogen) atoms. The molecule has 2 bridgehead atoms. The highest BCUT2D eigenvalue weighted by Crippen LogP contribution is 2.68. The standard InChI is InChI=1S/C27H45NO9S/c1-6-7-11-21-23(37-38(5,30)31)13-18-15-26(21,36-17-33-3)24-14-22(35-16-32-2)19-10-8-9-12-20(19)27(18,24)28-25(29)34-4/h6,18-24H,1,7-17H2,2-5H3,(H,28,29)/t18-,19+,20+,21+,22+,23-,24-,26+,27+/m0/s1. The molecule has 0 aromatic heterocycles. The average Bonchev–Trinajstić information content (AvgIpc) is 3.10. The Bertz CT molecular complexity index is 945. The number of hydrogen-bond donors (Lipinski definition) is 1. The number of allylic oxidation sites excluding steroid dienone is 1. The van der Waals surface area contributed by atoms with Crippen molar-refractivity contribution >= 4 is 16.2 Å². The number of carbonyl (C=O) groups is 1. The number of hydrogen-bond acceptors (Lipinski definition) is 9. The molecule has 0 radical (unpaired) electrons. The molecule has 4 saturated carbocycles. The topological polar surface area (TPSA) is 119 Å². The van der Waals surface area contributed by atoms with Crippen LogP contribution in [-0.4, -0.2) is 79.0 Å². The second-order valence-corrected chi connectivity index (χ2v) is 13.1. The maximum absolute atomic E-state index is 13.0. The van der Waals surface area contributed by atoms with E-state index in [1.807, 2.05) is 6.08 Å². The molecule has 0 aliphatic heterocycles. The van der Waals surface area contributed by atoms with Gasteiger partial charge >= 0.3 is 6.09 Å². The van der Waals surface area contributed by atoms with Crippen molar-refractivity contribution in [3.8, 4) is 0 Å².